The smallest absolute Gasteiger partial charge is 0.128 e. The molecule has 1 heterocycles. The van der Waals surface area contributed by atoms with Crippen molar-refractivity contribution in [2.45, 2.75) is 25.3 Å². The fourth-order valence-corrected chi connectivity index (χ4v) is 2.41. The summed E-state index contributed by atoms with van der Waals surface area (Å²) in [5.41, 5.74) is 0.830. The lowest BCUT2D eigenvalue weighted by Crippen LogP contribution is -2.27. The van der Waals surface area contributed by atoms with E-state index in [0.717, 1.165) is 22.1 Å². The molecule has 2 rings (SSSR count). The largest absolute Gasteiger partial charge is 0.310 e. The second-order valence-electron chi connectivity index (χ2n) is 3.67. The van der Waals surface area contributed by atoms with Gasteiger partial charge in [0, 0.05) is 15.2 Å². The van der Waals surface area contributed by atoms with Crippen molar-refractivity contribution >= 4 is 35.0 Å². The summed E-state index contributed by atoms with van der Waals surface area (Å²) in [5, 5.41) is 3.36. The summed E-state index contributed by atoms with van der Waals surface area (Å²) in [6.07, 6.45) is 3.46. The van der Waals surface area contributed by atoms with Crippen LogP contribution in [0, 0.1) is 9.39 Å². The third-order valence-corrected chi connectivity index (χ3v) is 3.31. The van der Waals surface area contributed by atoms with Gasteiger partial charge in [-0.1, -0.05) is 6.42 Å². The molecule has 4 heteroatoms. The zero-order valence-corrected chi connectivity index (χ0v) is 11.3. The van der Waals surface area contributed by atoms with Gasteiger partial charge in [-0.15, -0.1) is 12.4 Å². The summed E-state index contributed by atoms with van der Waals surface area (Å²) in [6.45, 7) is 1.01. The molecule has 1 aliphatic rings. The van der Waals surface area contributed by atoms with Crippen molar-refractivity contribution in [2.75, 3.05) is 6.54 Å². The predicted molar refractivity (Wildman–Crippen MR) is 71.0 cm³/mol. The quantitative estimate of drug-likeness (QED) is 0.769. The Balaban J connectivity index is 0.00000112. The number of benzene rings is 1. The summed E-state index contributed by atoms with van der Waals surface area (Å²) in [5.74, 6) is -0.0789. The van der Waals surface area contributed by atoms with E-state index in [1.54, 1.807) is 6.07 Å². The molecule has 1 nitrogen and oxygen atoms in total. The summed E-state index contributed by atoms with van der Waals surface area (Å²) in [6, 6.07) is 5.53. The van der Waals surface area contributed by atoms with Crippen LogP contribution in [0.15, 0.2) is 18.2 Å². The molecule has 0 saturated carbocycles. The van der Waals surface area contributed by atoms with Gasteiger partial charge in [0.1, 0.15) is 5.82 Å². The zero-order valence-electron chi connectivity index (χ0n) is 8.30. The van der Waals surface area contributed by atoms with E-state index < -0.39 is 0 Å². The van der Waals surface area contributed by atoms with Crippen molar-refractivity contribution < 1.29 is 4.39 Å². The van der Waals surface area contributed by atoms with E-state index in [1.807, 2.05) is 12.1 Å². The maximum atomic E-state index is 13.5. The first-order valence-corrected chi connectivity index (χ1v) is 6.03. The van der Waals surface area contributed by atoms with E-state index in [9.17, 15) is 4.39 Å². The van der Waals surface area contributed by atoms with Crippen LogP contribution < -0.4 is 5.32 Å². The van der Waals surface area contributed by atoms with Gasteiger partial charge in [-0.3, -0.25) is 0 Å². The van der Waals surface area contributed by atoms with Gasteiger partial charge < -0.3 is 5.32 Å². The number of hydrogen-bond donors (Lipinski definition) is 1. The molecule has 1 fully saturated rings. The summed E-state index contributed by atoms with van der Waals surface area (Å²) in [7, 11) is 0. The minimum Gasteiger partial charge on any atom is -0.310 e. The molecular formula is C11H14ClFIN. The van der Waals surface area contributed by atoms with Gasteiger partial charge in [0.2, 0.25) is 0 Å². The van der Waals surface area contributed by atoms with Crippen LogP contribution in [-0.4, -0.2) is 6.54 Å². The van der Waals surface area contributed by atoms with Crippen molar-refractivity contribution in [3.63, 3.8) is 0 Å². The second kappa shape index (κ2) is 6.01. The maximum Gasteiger partial charge on any atom is 0.128 e. The fourth-order valence-electron chi connectivity index (χ4n) is 1.90. The Labute approximate surface area is 109 Å². The van der Waals surface area contributed by atoms with Crippen LogP contribution in [0.2, 0.25) is 0 Å². The summed E-state index contributed by atoms with van der Waals surface area (Å²) >= 11 is 2.22. The van der Waals surface area contributed by atoms with E-state index in [1.165, 1.54) is 12.8 Å². The number of rotatable bonds is 1. The molecule has 0 amide bonds. The van der Waals surface area contributed by atoms with Crippen LogP contribution in [0.4, 0.5) is 4.39 Å². The number of hydrogen-bond acceptors (Lipinski definition) is 1. The molecule has 84 valence electrons. The molecule has 1 atom stereocenters. The highest BCUT2D eigenvalue weighted by Gasteiger charge is 2.17. The first kappa shape index (κ1) is 13.2. The minimum absolute atomic E-state index is 0. The predicted octanol–water partition coefficient (Wildman–Crippen LogP) is 3.67. The van der Waals surface area contributed by atoms with Crippen LogP contribution in [0.3, 0.4) is 0 Å². The molecule has 0 unspecified atom stereocenters. The highest BCUT2D eigenvalue weighted by Crippen LogP contribution is 2.26. The molecular weight excluding hydrogens is 327 g/mol. The lowest BCUT2D eigenvalue weighted by Gasteiger charge is -2.24. The Morgan fingerprint density at radius 3 is 2.80 bits per heavy atom. The third kappa shape index (κ3) is 3.29. The molecule has 1 aromatic rings. The Hall–Kier alpha value is 0.130. The van der Waals surface area contributed by atoms with Crippen molar-refractivity contribution in [3.8, 4) is 0 Å². The van der Waals surface area contributed by atoms with Gasteiger partial charge in [0.15, 0.2) is 0 Å². The number of piperidine rings is 1. The zero-order chi connectivity index (χ0) is 9.97. The maximum absolute atomic E-state index is 13.5. The Morgan fingerprint density at radius 1 is 1.33 bits per heavy atom. The molecule has 1 aromatic carbocycles. The normalized spacial score (nSPS) is 20.8. The van der Waals surface area contributed by atoms with E-state index in [-0.39, 0.29) is 24.3 Å². The lowest BCUT2D eigenvalue weighted by atomic mass is 9.97. The molecule has 1 aliphatic heterocycles. The van der Waals surface area contributed by atoms with Crippen LogP contribution >= 0.6 is 35.0 Å². The molecule has 0 radical (unpaired) electrons. The highest BCUT2D eigenvalue weighted by molar-refractivity contribution is 14.1. The summed E-state index contributed by atoms with van der Waals surface area (Å²) < 4.78 is 14.6. The average Bonchev–Trinajstić information content (AvgIpc) is 2.23. The topological polar surface area (TPSA) is 12.0 Å². The molecule has 0 spiro atoms. The Bertz CT molecular complexity index is 326. The SMILES string of the molecule is Cl.Fc1ccc(I)cc1[C@H]1CCCCN1. The third-order valence-electron chi connectivity index (χ3n) is 2.64. The molecule has 0 aromatic heterocycles. The lowest BCUT2D eigenvalue weighted by molar-refractivity contribution is 0.400. The average molecular weight is 342 g/mol. The fraction of sp³-hybridized carbons (Fsp3) is 0.455. The molecule has 0 bridgehead atoms. The molecule has 15 heavy (non-hydrogen) atoms. The van der Waals surface area contributed by atoms with Crippen LogP contribution in [0.5, 0.6) is 0 Å². The van der Waals surface area contributed by atoms with Crippen molar-refractivity contribution in [1.82, 2.24) is 5.32 Å². The second-order valence-corrected chi connectivity index (χ2v) is 4.91. The number of halogens is 3. The van der Waals surface area contributed by atoms with Gasteiger partial charge in [0.25, 0.3) is 0 Å². The van der Waals surface area contributed by atoms with Gasteiger partial charge >= 0.3 is 0 Å². The van der Waals surface area contributed by atoms with Crippen LogP contribution in [0.1, 0.15) is 30.9 Å². The van der Waals surface area contributed by atoms with Crippen LogP contribution in [-0.2, 0) is 0 Å². The Kier molecular flexibility index (Phi) is 5.29. The minimum atomic E-state index is -0.0789. The van der Waals surface area contributed by atoms with Crippen molar-refractivity contribution in [1.29, 1.82) is 0 Å². The monoisotopic (exact) mass is 341 g/mol. The van der Waals surface area contributed by atoms with E-state index in [2.05, 4.69) is 27.9 Å². The van der Waals surface area contributed by atoms with Crippen molar-refractivity contribution in [3.05, 3.63) is 33.1 Å². The molecule has 1 saturated heterocycles. The molecule has 1 N–H and O–H groups in total. The first-order valence-electron chi connectivity index (χ1n) is 4.96. The van der Waals surface area contributed by atoms with E-state index in [4.69, 9.17) is 0 Å². The van der Waals surface area contributed by atoms with E-state index in [0.29, 0.717) is 0 Å². The Morgan fingerprint density at radius 2 is 2.13 bits per heavy atom. The van der Waals surface area contributed by atoms with E-state index >= 15 is 0 Å². The molecule has 0 aliphatic carbocycles. The summed E-state index contributed by atoms with van der Waals surface area (Å²) in [4.78, 5) is 0. The first-order chi connectivity index (χ1) is 6.77. The number of nitrogens with one attached hydrogen (secondary N) is 1. The van der Waals surface area contributed by atoms with Gasteiger partial charge in [-0.05, 0) is 60.2 Å². The standard InChI is InChI=1S/C11H13FIN.ClH/c12-10-5-4-8(13)7-9(10)11-3-1-2-6-14-11;/h4-5,7,11,14H,1-3,6H2;1H/t11-;/m1./s1. The highest BCUT2D eigenvalue weighted by atomic mass is 127. The van der Waals surface area contributed by atoms with Crippen molar-refractivity contribution in [2.24, 2.45) is 0 Å². The van der Waals surface area contributed by atoms with Crippen LogP contribution in [0.25, 0.3) is 0 Å². The van der Waals surface area contributed by atoms with Gasteiger partial charge in [0.05, 0.1) is 0 Å². The van der Waals surface area contributed by atoms with Gasteiger partial charge in [-0.2, -0.15) is 0 Å². The van der Waals surface area contributed by atoms with Gasteiger partial charge in [-0.25, -0.2) is 4.39 Å².